The predicted molar refractivity (Wildman–Crippen MR) is 104 cm³/mol. The van der Waals surface area contributed by atoms with E-state index in [1.54, 1.807) is 18.3 Å². The van der Waals surface area contributed by atoms with Crippen LogP contribution >= 0.6 is 0 Å². The van der Waals surface area contributed by atoms with E-state index in [0.29, 0.717) is 23.2 Å². The van der Waals surface area contributed by atoms with Crippen molar-refractivity contribution in [1.82, 2.24) is 34.8 Å². The molecule has 5 heterocycles. The van der Waals surface area contributed by atoms with Crippen molar-refractivity contribution in [3.05, 3.63) is 54.4 Å². The van der Waals surface area contributed by atoms with E-state index in [1.807, 2.05) is 4.90 Å². The molecule has 4 bridgehead atoms. The molecule has 1 amide bonds. The second-order valence-electron chi connectivity index (χ2n) is 8.30. The lowest BCUT2D eigenvalue weighted by atomic mass is 9.88. The number of amides is 1. The third kappa shape index (κ3) is 2.93. The number of nitrogens with zero attached hydrogens (tertiary/aromatic N) is 7. The SMILES string of the molecule is O=C(c1cccnc1-n1nccn1)N1C2CC3C(CC2Nc2cnc(C(F)(F)F)cn2)C31. The van der Waals surface area contributed by atoms with Crippen LogP contribution in [0.2, 0.25) is 0 Å². The molecular formula is C20H17F3N8O. The van der Waals surface area contributed by atoms with Gasteiger partial charge in [-0.3, -0.25) is 4.79 Å². The summed E-state index contributed by atoms with van der Waals surface area (Å²) in [4.78, 5) is 28.4. The molecule has 2 aliphatic carbocycles. The highest BCUT2D eigenvalue weighted by Crippen LogP contribution is 2.61. The Morgan fingerprint density at radius 1 is 1.03 bits per heavy atom. The van der Waals surface area contributed by atoms with Crippen molar-refractivity contribution in [2.45, 2.75) is 37.1 Å². The van der Waals surface area contributed by atoms with Gasteiger partial charge in [0.1, 0.15) is 5.82 Å². The Balaban J connectivity index is 1.25. The van der Waals surface area contributed by atoms with E-state index in [-0.39, 0.29) is 29.9 Å². The van der Waals surface area contributed by atoms with Crippen molar-refractivity contribution in [3.8, 4) is 5.82 Å². The zero-order valence-electron chi connectivity index (χ0n) is 16.5. The van der Waals surface area contributed by atoms with Gasteiger partial charge in [0.2, 0.25) is 0 Å². The minimum absolute atomic E-state index is 0.0924. The molecule has 3 aromatic heterocycles. The summed E-state index contributed by atoms with van der Waals surface area (Å²) < 4.78 is 38.3. The van der Waals surface area contributed by atoms with Crippen molar-refractivity contribution in [2.75, 3.05) is 5.32 Å². The molecule has 5 unspecified atom stereocenters. The molecular weight excluding hydrogens is 425 g/mol. The second-order valence-corrected chi connectivity index (χ2v) is 8.30. The molecule has 4 aliphatic rings. The summed E-state index contributed by atoms with van der Waals surface area (Å²) in [6, 6.07) is 3.38. The Bertz CT molecular complexity index is 1170. The lowest BCUT2D eigenvalue weighted by molar-refractivity contribution is -0.141. The topological polar surface area (TPSA) is 102 Å². The number of rotatable bonds is 4. The summed E-state index contributed by atoms with van der Waals surface area (Å²) in [5.74, 6) is 1.31. The fraction of sp³-hybridized carbons (Fsp3) is 0.400. The minimum atomic E-state index is -4.53. The summed E-state index contributed by atoms with van der Waals surface area (Å²) in [5.41, 5.74) is -0.624. The number of fused-ring (bicyclic) bond motifs is 1. The first-order chi connectivity index (χ1) is 15.4. The molecule has 3 aromatic rings. The van der Waals surface area contributed by atoms with Gasteiger partial charge in [0, 0.05) is 18.3 Å². The molecule has 164 valence electrons. The Hall–Kier alpha value is -3.57. The smallest absolute Gasteiger partial charge is 0.364 e. The predicted octanol–water partition coefficient (Wildman–Crippen LogP) is 2.18. The summed E-state index contributed by atoms with van der Waals surface area (Å²) in [5, 5.41) is 11.4. The number of pyridine rings is 1. The quantitative estimate of drug-likeness (QED) is 0.661. The maximum absolute atomic E-state index is 13.6. The van der Waals surface area contributed by atoms with Gasteiger partial charge in [0.15, 0.2) is 11.5 Å². The molecule has 2 saturated carbocycles. The van der Waals surface area contributed by atoms with Crippen LogP contribution in [0.3, 0.4) is 0 Å². The average Bonchev–Trinajstić information content (AvgIpc) is 3.15. The monoisotopic (exact) mass is 442 g/mol. The second kappa shape index (κ2) is 6.71. The van der Waals surface area contributed by atoms with Crippen LogP contribution in [0.25, 0.3) is 5.82 Å². The normalized spacial score (nSPS) is 28.0. The van der Waals surface area contributed by atoms with Crippen LogP contribution < -0.4 is 5.32 Å². The van der Waals surface area contributed by atoms with E-state index in [4.69, 9.17) is 0 Å². The number of hydrogen-bond donors (Lipinski definition) is 1. The molecule has 12 heteroatoms. The largest absolute Gasteiger partial charge is 0.434 e. The number of alkyl halides is 3. The molecule has 5 atom stereocenters. The van der Waals surface area contributed by atoms with E-state index in [0.717, 1.165) is 25.2 Å². The van der Waals surface area contributed by atoms with Crippen LogP contribution in [0.15, 0.2) is 43.1 Å². The van der Waals surface area contributed by atoms with Gasteiger partial charge in [0.25, 0.3) is 5.91 Å². The zero-order chi connectivity index (χ0) is 22.0. The molecule has 2 aliphatic heterocycles. The fourth-order valence-corrected chi connectivity index (χ4v) is 5.26. The van der Waals surface area contributed by atoms with E-state index in [1.165, 1.54) is 17.2 Å². The Morgan fingerprint density at radius 2 is 1.81 bits per heavy atom. The molecule has 32 heavy (non-hydrogen) atoms. The first kappa shape index (κ1) is 19.1. The number of hydrogen-bond acceptors (Lipinski definition) is 7. The maximum atomic E-state index is 13.6. The number of piperidine rings is 2. The van der Waals surface area contributed by atoms with E-state index in [9.17, 15) is 18.0 Å². The highest BCUT2D eigenvalue weighted by molar-refractivity contribution is 5.98. The molecule has 0 aromatic carbocycles. The van der Waals surface area contributed by atoms with Crippen molar-refractivity contribution in [2.24, 2.45) is 11.8 Å². The Morgan fingerprint density at radius 3 is 2.50 bits per heavy atom. The van der Waals surface area contributed by atoms with Crippen LogP contribution in [-0.2, 0) is 6.18 Å². The molecule has 4 fully saturated rings. The van der Waals surface area contributed by atoms with Gasteiger partial charge < -0.3 is 10.2 Å². The van der Waals surface area contributed by atoms with Crippen LogP contribution in [0.5, 0.6) is 0 Å². The zero-order valence-corrected chi connectivity index (χ0v) is 16.5. The van der Waals surface area contributed by atoms with Gasteiger partial charge in [-0.1, -0.05) is 0 Å². The summed E-state index contributed by atoms with van der Waals surface area (Å²) in [6.45, 7) is 0. The van der Waals surface area contributed by atoms with Crippen molar-refractivity contribution < 1.29 is 18.0 Å². The fourth-order valence-electron chi connectivity index (χ4n) is 5.26. The first-order valence-electron chi connectivity index (χ1n) is 10.2. The van der Waals surface area contributed by atoms with Crippen LogP contribution in [0.4, 0.5) is 19.0 Å². The van der Waals surface area contributed by atoms with E-state index >= 15 is 0 Å². The van der Waals surface area contributed by atoms with Crippen molar-refractivity contribution in [1.29, 1.82) is 0 Å². The average molecular weight is 442 g/mol. The summed E-state index contributed by atoms with van der Waals surface area (Å²) in [6.07, 6.45) is 3.58. The van der Waals surface area contributed by atoms with Gasteiger partial charge >= 0.3 is 6.18 Å². The number of halogens is 3. The van der Waals surface area contributed by atoms with Crippen LogP contribution in [0.1, 0.15) is 28.9 Å². The Kier molecular flexibility index (Phi) is 4.01. The number of carbonyl (C=O) groups is 1. The van der Waals surface area contributed by atoms with Gasteiger partial charge in [-0.05, 0) is 36.8 Å². The lowest BCUT2D eigenvalue weighted by Gasteiger charge is -2.40. The molecule has 1 N–H and O–H groups in total. The first-order valence-corrected chi connectivity index (χ1v) is 10.2. The molecule has 2 saturated heterocycles. The van der Waals surface area contributed by atoms with Crippen LogP contribution in [-0.4, -0.2) is 58.9 Å². The standard InChI is InChI=1S/C20H17F3N8O/c21-20(22,23)15-8-26-16(9-25-15)29-13-6-11-12-7-14(13)30(17(11)12)19(32)10-2-1-3-24-18(10)31-27-4-5-28-31/h1-5,8-9,11-14,17H,6-7H2,(H,26,29). The van der Waals surface area contributed by atoms with Gasteiger partial charge in [0.05, 0.1) is 36.4 Å². The summed E-state index contributed by atoms with van der Waals surface area (Å²) in [7, 11) is 0. The van der Waals surface area contributed by atoms with Crippen LogP contribution in [0, 0.1) is 11.8 Å². The summed E-state index contributed by atoms with van der Waals surface area (Å²) >= 11 is 0. The van der Waals surface area contributed by atoms with Gasteiger partial charge in [-0.2, -0.15) is 23.4 Å². The number of aromatic nitrogens is 6. The minimum Gasteiger partial charge on any atom is -0.364 e. The van der Waals surface area contributed by atoms with E-state index < -0.39 is 11.9 Å². The van der Waals surface area contributed by atoms with Gasteiger partial charge in [-0.15, -0.1) is 4.80 Å². The lowest BCUT2D eigenvalue weighted by Crippen LogP contribution is -2.53. The van der Waals surface area contributed by atoms with E-state index in [2.05, 4.69) is 30.5 Å². The molecule has 0 radical (unpaired) electrons. The third-order valence-corrected chi connectivity index (χ3v) is 6.60. The molecule has 9 nitrogen and oxygen atoms in total. The highest BCUT2D eigenvalue weighted by atomic mass is 19.4. The van der Waals surface area contributed by atoms with Crippen molar-refractivity contribution >= 4 is 11.7 Å². The molecule has 0 spiro atoms. The van der Waals surface area contributed by atoms with Crippen molar-refractivity contribution in [3.63, 3.8) is 0 Å². The number of nitrogens with one attached hydrogen (secondary N) is 1. The third-order valence-electron chi connectivity index (χ3n) is 6.60. The number of carbonyl (C=O) groups excluding carboxylic acids is 1. The highest BCUT2D eigenvalue weighted by Gasteiger charge is 2.68. The Labute approximate surface area is 179 Å². The van der Waals surface area contributed by atoms with Gasteiger partial charge in [-0.25, -0.2) is 15.0 Å². The number of anilines is 1. The molecule has 7 rings (SSSR count). The maximum Gasteiger partial charge on any atom is 0.434 e.